The summed E-state index contributed by atoms with van der Waals surface area (Å²) in [6.45, 7) is 5.00. The number of hydrogen-bond donors (Lipinski definition) is 1. The second-order valence-corrected chi connectivity index (χ2v) is 4.68. The largest absolute Gasteiger partial charge is 0.493 e. The van der Waals surface area contributed by atoms with Gasteiger partial charge in [0.05, 0.1) is 7.11 Å². The molecule has 0 fully saturated rings. The Morgan fingerprint density at radius 3 is 2.58 bits per heavy atom. The third-order valence-electron chi connectivity index (χ3n) is 2.50. The number of nitrogens with one attached hydrogen (secondary N) is 1. The molecule has 0 aliphatic carbocycles. The molecule has 0 atom stereocenters. The zero-order valence-corrected chi connectivity index (χ0v) is 11.6. The minimum atomic E-state index is -2.50. The molecular weight excluding hydrogens is 252 g/mol. The first kappa shape index (κ1) is 15.7. The number of rotatable bonds is 8. The van der Waals surface area contributed by atoms with E-state index in [2.05, 4.69) is 19.2 Å². The van der Waals surface area contributed by atoms with Crippen LogP contribution < -0.4 is 14.8 Å². The fourth-order valence-corrected chi connectivity index (χ4v) is 1.67. The minimum absolute atomic E-state index is 0.390. The van der Waals surface area contributed by atoms with Crippen molar-refractivity contribution in [2.75, 3.05) is 20.3 Å². The monoisotopic (exact) mass is 273 g/mol. The standard InChI is InChI=1S/C14H21F2NO2/c1-10(2)7-17-8-11-5-4-6-12(18-3)14(11)19-9-13(15)16/h4-6,10,13,17H,7-9H2,1-3H3. The fraction of sp³-hybridized carbons (Fsp3) is 0.571. The van der Waals surface area contributed by atoms with Gasteiger partial charge in [0.1, 0.15) is 6.61 Å². The quantitative estimate of drug-likeness (QED) is 0.789. The first-order valence-corrected chi connectivity index (χ1v) is 6.32. The summed E-state index contributed by atoms with van der Waals surface area (Å²) in [5.41, 5.74) is 0.820. The second kappa shape index (κ2) is 7.94. The maximum atomic E-state index is 12.3. The van der Waals surface area contributed by atoms with E-state index in [1.165, 1.54) is 7.11 Å². The van der Waals surface area contributed by atoms with E-state index in [4.69, 9.17) is 9.47 Å². The molecule has 3 nitrogen and oxygen atoms in total. The summed E-state index contributed by atoms with van der Waals surface area (Å²) in [6.07, 6.45) is -2.50. The summed E-state index contributed by atoms with van der Waals surface area (Å²) in [4.78, 5) is 0. The van der Waals surface area contributed by atoms with Gasteiger partial charge in [-0.15, -0.1) is 0 Å². The lowest BCUT2D eigenvalue weighted by Gasteiger charge is -2.15. The second-order valence-electron chi connectivity index (χ2n) is 4.68. The van der Waals surface area contributed by atoms with Gasteiger partial charge in [0.15, 0.2) is 11.5 Å². The van der Waals surface area contributed by atoms with Crippen LogP contribution in [0.4, 0.5) is 8.78 Å². The number of halogens is 2. The van der Waals surface area contributed by atoms with E-state index in [0.717, 1.165) is 12.1 Å². The molecule has 19 heavy (non-hydrogen) atoms. The fourth-order valence-electron chi connectivity index (χ4n) is 1.67. The number of ether oxygens (including phenoxy) is 2. The third kappa shape index (κ3) is 5.42. The molecule has 0 saturated carbocycles. The van der Waals surface area contributed by atoms with Gasteiger partial charge in [0.2, 0.25) is 0 Å². The Morgan fingerprint density at radius 1 is 1.26 bits per heavy atom. The molecule has 0 heterocycles. The van der Waals surface area contributed by atoms with Gasteiger partial charge in [-0.1, -0.05) is 26.0 Å². The van der Waals surface area contributed by atoms with Gasteiger partial charge in [0.25, 0.3) is 6.43 Å². The molecule has 5 heteroatoms. The van der Waals surface area contributed by atoms with Crippen LogP contribution in [-0.4, -0.2) is 26.7 Å². The number of para-hydroxylation sites is 1. The number of hydrogen-bond acceptors (Lipinski definition) is 3. The lowest BCUT2D eigenvalue weighted by atomic mass is 10.1. The first-order chi connectivity index (χ1) is 9.04. The maximum absolute atomic E-state index is 12.3. The van der Waals surface area contributed by atoms with Gasteiger partial charge < -0.3 is 14.8 Å². The number of alkyl halides is 2. The lowest BCUT2D eigenvalue weighted by Crippen LogP contribution is -2.20. The van der Waals surface area contributed by atoms with Crippen molar-refractivity contribution in [1.82, 2.24) is 5.32 Å². The van der Waals surface area contributed by atoms with Crippen LogP contribution in [0.5, 0.6) is 11.5 Å². The van der Waals surface area contributed by atoms with Crippen molar-refractivity contribution in [1.29, 1.82) is 0 Å². The van der Waals surface area contributed by atoms with Crippen molar-refractivity contribution in [3.63, 3.8) is 0 Å². The molecular formula is C14H21F2NO2. The van der Waals surface area contributed by atoms with Crippen LogP contribution >= 0.6 is 0 Å². The van der Waals surface area contributed by atoms with Crippen molar-refractivity contribution in [2.45, 2.75) is 26.8 Å². The van der Waals surface area contributed by atoms with Gasteiger partial charge in [-0.05, 0) is 18.5 Å². The first-order valence-electron chi connectivity index (χ1n) is 6.32. The zero-order chi connectivity index (χ0) is 14.3. The molecule has 0 saturated heterocycles. The van der Waals surface area contributed by atoms with Gasteiger partial charge in [-0.25, -0.2) is 8.78 Å². The molecule has 0 aliphatic heterocycles. The van der Waals surface area contributed by atoms with E-state index in [9.17, 15) is 8.78 Å². The van der Waals surface area contributed by atoms with Crippen LogP contribution in [0.1, 0.15) is 19.4 Å². The van der Waals surface area contributed by atoms with E-state index in [1.807, 2.05) is 12.1 Å². The molecule has 0 aliphatic rings. The summed E-state index contributed by atoms with van der Waals surface area (Å²) in [5, 5.41) is 3.26. The van der Waals surface area contributed by atoms with Crippen LogP contribution in [0.2, 0.25) is 0 Å². The SMILES string of the molecule is COc1cccc(CNCC(C)C)c1OCC(F)F. The topological polar surface area (TPSA) is 30.5 Å². The van der Waals surface area contributed by atoms with Crippen LogP contribution in [0.25, 0.3) is 0 Å². The Hall–Kier alpha value is -1.36. The highest BCUT2D eigenvalue weighted by atomic mass is 19.3. The van der Waals surface area contributed by atoms with E-state index in [1.54, 1.807) is 6.07 Å². The average Bonchev–Trinajstić information content (AvgIpc) is 2.36. The summed E-state index contributed by atoms with van der Waals surface area (Å²) >= 11 is 0. The summed E-state index contributed by atoms with van der Waals surface area (Å²) in [5.74, 6) is 1.39. The molecule has 0 amide bonds. The highest BCUT2D eigenvalue weighted by molar-refractivity contribution is 5.46. The predicted octanol–water partition coefficient (Wildman–Crippen LogP) is 3.08. The maximum Gasteiger partial charge on any atom is 0.272 e. The van der Waals surface area contributed by atoms with Crippen LogP contribution in [0.3, 0.4) is 0 Å². The van der Waals surface area contributed by atoms with Crippen LogP contribution in [-0.2, 0) is 6.54 Å². The Labute approximate surface area is 112 Å². The molecule has 1 rings (SSSR count). The highest BCUT2D eigenvalue weighted by Crippen LogP contribution is 2.31. The van der Waals surface area contributed by atoms with Gasteiger partial charge in [-0.3, -0.25) is 0 Å². The molecule has 1 aromatic rings. The molecule has 0 spiro atoms. The smallest absolute Gasteiger partial charge is 0.272 e. The van der Waals surface area contributed by atoms with Crippen molar-refractivity contribution < 1.29 is 18.3 Å². The molecule has 0 radical (unpaired) electrons. The van der Waals surface area contributed by atoms with Crippen molar-refractivity contribution in [2.24, 2.45) is 5.92 Å². The van der Waals surface area contributed by atoms with E-state index in [0.29, 0.717) is 24.0 Å². The Morgan fingerprint density at radius 2 is 2.00 bits per heavy atom. The van der Waals surface area contributed by atoms with Crippen molar-refractivity contribution in [3.05, 3.63) is 23.8 Å². The van der Waals surface area contributed by atoms with Crippen molar-refractivity contribution >= 4 is 0 Å². The van der Waals surface area contributed by atoms with Crippen LogP contribution in [0, 0.1) is 5.92 Å². The Balaban J connectivity index is 2.76. The Bertz CT molecular complexity index is 384. The normalized spacial score (nSPS) is 11.1. The highest BCUT2D eigenvalue weighted by Gasteiger charge is 2.13. The number of benzene rings is 1. The predicted molar refractivity (Wildman–Crippen MR) is 71.0 cm³/mol. The van der Waals surface area contributed by atoms with Crippen LogP contribution in [0.15, 0.2) is 18.2 Å². The summed E-state index contributed by atoms with van der Waals surface area (Å²) in [6, 6.07) is 5.36. The van der Waals surface area contributed by atoms with E-state index >= 15 is 0 Å². The molecule has 1 aromatic carbocycles. The summed E-state index contributed by atoms with van der Waals surface area (Å²) in [7, 11) is 1.50. The lowest BCUT2D eigenvalue weighted by molar-refractivity contribution is 0.0798. The molecule has 1 N–H and O–H groups in total. The average molecular weight is 273 g/mol. The Kier molecular flexibility index (Phi) is 6.56. The molecule has 108 valence electrons. The minimum Gasteiger partial charge on any atom is -0.493 e. The van der Waals surface area contributed by atoms with Crippen molar-refractivity contribution in [3.8, 4) is 11.5 Å². The third-order valence-corrected chi connectivity index (χ3v) is 2.50. The molecule has 0 aromatic heterocycles. The zero-order valence-electron chi connectivity index (χ0n) is 11.6. The van der Waals surface area contributed by atoms with E-state index in [-0.39, 0.29) is 0 Å². The van der Waals surface area contributed by atoms with Gasteiger partial charge in [-0.2, -0.15) is 0 Å². The van der Waals surface area contributed by atoms with Gasteiger partial charge >= 0.3 is 0 Å². The summed E-state index contributed by atoms with van der Waals surface area (Å²) < 4.78 is 34.8. The van der Waals surface area contributed by atoms with E-state index < -0.39 is 13.0 Å². The molecule has 0 bridgehead atoms. The number of methoxy groups -OCH3 is 1. The molecule has 0 unspecified atom stereocenters. The van der Waals surface area contributed by atoms with Gasteiger partial charge in [0, 0.05) is 12.1 Å².